The first-order chi connectivity index (χ1) is 11.6. The summed E-state index contributed by atoms with van der Waals surface area (Å²) in [5.41, 5.74) is 0.532. The van der Waals surface area contributed by atoms with E-state index >= 15 is 0 Å². The van der Waals surface area contributed by atoms with Gasteiger partial charge in [0.05, 0.1) is 11.7 Å². The number of methoxy groups -OCH3 is 1. The van der Waals surface area contributed by atoms with E-state index in [1.54, 1.807) is 19.2 Å². The van der Waals surface area contributed by atoms with Crippen molar-refractivity contribution in [1.29, 1.82) is 0 Å². The van der Waals surface area contributed by atoms with Crippen molar-refractivity contribution < 1.29 is 19.4 Å². The predicted molar refractivity (Wildman–Crippen MR) is 89.3 cm³/mol. The molecule has 2 fully saturated rings. The van der Waals surface area contributed by atoms with E-state index in [0.717, 1.165) is 38.8 Å². The van der Waals surface area contributed by atoms with Crippen LogP contribution in [0.5, 0.6) is 0 Å². The Morgan fingerprint density at radius 1 is 1.25 bits per heavy atom. The third-order valence-electron chi connectivity index (χ3n) is 5.15. The third-order valence-corrected chi connectivity index (χ3v) is 5.15. The second kappa shape index (κ2) is 7.32. The number of carbonyl (C=O) groups is 2. The average Bonchev–Trinajstić information content (AvgIpc) is 3.23. The van der Waals surface area contributed by atoms with Crippen LogP contribution in [0.1, 0.15) is 46.4 Å². The number of amides is 1. The number of aromatic carboxylic acids is 1. The Morgan fingerprint density at radius 2 is 2.04 bits per heavy atom. The maximum Gasteiger partial charge on any atom is 0.335 e. The van der Waals surface area contributed by atoms with Gasteiger partial charge >= 0.3 is 5.97 Å². The molecule has 2 aliphatic rings. The van der Waals surface area contributed by atoms with E-state index in [-0.39, 0.29) is 23.6 Å². The zero-order valence-electron chi connectivity index (χ0n) is 13.9. The van der Waals surface area contributed by atoms with Gasteiger partial charge in [-0.05, 0) is 43.9 Å². The molecule has 130 valence electrons. The highest BCUT2D eigenvalue weighted by molar-refractivity contribution is 5.97. The molecule has 1 saturated carbocycles. The topological polar surface area (TPSA) is 78.9 Å². The minimum atomic E-state index is -1.02. The fraction of sp³-hybridized carbons (Fsp3) is 0.556. The summed E-state index contributed by atoms with van der Waals surface area (Å²) in [6.45, 7) is 1.92. The lowest BCUT2D eigenvalue weighted by atomic mass is 10.1. The van der Waals surface area contributed by atoms with E-state index < -0.39 is 5.97 Å². The van der Waals surface area contributed by atoms with Gasteiger partial charge < -0.3 is 15.2 Å². The quantitative estimate of drug-likeness (QED) is 0.859. The van der Waals surface area contributed by atoms with E-state index in [0.29, 0.717) is 11.6 Å². The monoisotopic (exact) mass is 332 g/mol. The molecule has 6 nitrogen and oxygen atoms in total. The van der Waals surface area contributed by atoms with Gasteiger partial charge in [0.1, 0.15) is 0 Å². The Morgan fingerprint density at radius 3 is 2.75 bits per heavy atom. The highest BCUT2D eigenvalue weighted by Crippen LogP contribution is 2.28. The van der Waals surface area contributed by atoms with Crippen LogP contribution in [0.4, 0.5) is 0 Å². The van der Waals surface area contributed by atoms with Crippen LogP contribution in [0.25, 0.3) is 0 Å². The molecule has 0 aromatic heterocycles. The Bertz CT molecular complexity index is 619. The van der Waals surface area contributed by atoms with Crippen LogP contribution in [-0.2, 0) is 4.74 Å². The fourth-order valence-corrected chi connectivity index (χ4v) is 3.84. The molecule has 0 radical (unpaired) electrons. The number of carboxylic acid groups (broad SMARTS) is 1. The van der Waals surface area contributed by atoms with E-state index in [1.807, 2.05) is 0 Å². The number of ether oxygens (including phenoxy) is 1. The summed E-state index contributed by atoms with van der Waals surface area (Å²) in [5.74, 6) is -1.22. The molecule has 1 aliphatic carbocycles. The van der Waals surface area contributed by atoms with Crippen molar-refractivity contribution in [2.24, 2.45) is 0 Å². The van der Waals surface area contributed by atoms with Crippen LogP contribution in [-0.4, -0.2) is 60.3 Å². The molecule has 0 bridgehead atoms. The number of nitrogens with zero attached hydrogens (tertiary/aromatic N) is 1. The molecular formula is C18H24N2O4. The molecule has 1 aliphatic heterocycles. The summed E-state index contributed by atoms with van der Waals surface area (Å²) in [4.78, 5) is 26.0. The lowest BCUT2D eigenvalue weighted by molar-refractivity contribution is 0.0697. The minimum Gasteiger partial charge on any atom is -0.478 e. The molecule has 1 heterocycles. The SMILES string of the molecule is COC1CCN([C@@H]2CCC[C@@H]2NC(=O)c2cccc(C(=O)O)c2)C1. The molecular weight excluding hydrogens is 308 g/mol. The highest BCUT2D eigenvalue weighted by atomic mass is 16.5. The summed E-state index contributed by atoms with van der Waals surface area (Å²) >= 11 is 0. The van der Waals surface area contributed by atoms with Crippen LogP contribution >= 0.6 is 0 Å². The van der Waals surface area contributed by atoms with Crippen molar-refractivity contribution in [2.45, 2.75) is 43.9 Å². The molecule has 2 N–H and O–H groups in total. The number of carbonyl (C=O) groups excluding carboxylic acids is 1. The maximum absolute atomic E-state index is 12.5. The summed E-state index contributed by atoms with van der Waals surface area (Å²) in [6, 6.07) is 6.64. The lowest BCUT2D eigenvalue weighted by Crippen LogP contribution is -2.48. The molecule has 6 heteroatoms. The van der Waals surface area contributed by atoms with Gasteiger partial charge in [-0.1, -0.05) is 6.07 Å². The van der Waals surface area contributed by atoms with Gasteiger partial charge in [0.15, 0.2) is 0 Å². The smallest absolute Gasteiger partial charge is 0.335 e. The fourth-order valence-electron chi connectivity index (χ4n) is 3.84. The third kappa shape index (κ3) is 3.60. The van der Waals surface area contributed by atoms with Gasteiger partial charge in [0, 0.05) is 37.8 Å². The molecule has 0 spiro atoms. The van der Waals surface area contributed by atoms with Crippen molar-refractivity contribution in [3.63, 3.8) is 0 Å². The largest absolute Gasteiger partial charge is 0.478 e. The highest BCUT2D eigenvalue weighted by Gasteiger charge is 2.36. The molecule has 3 atom stereocenters. The number of benzene rings is 1. The van der Waals surface area contributed by atoms with Gasteiger partial charge in [-0.25, -0.2) is 4.79 Å². The van der Waals surface area contributed by atoms with Gasteiger partial charge in [0.2, 0.25) is 0 Å². The first-order valence-corrected chi connectivity index (χ1v) is 8.49. The number of carboxylic acids is 1. The van der Waals surface area contributed by atoms with E-state index in [9.17, 15) is 9.59 Å². The van der Waals surface area contributed by atoms with Crippen molar-refractivity contribution in [3.05, 3.63) is 35.4 Å². The van der Waals surface area contributed by atoms with Crippen LogP contribution in [0.3, 0.4) is 0 Å². The number of hydrogen-bond donors (Lipinski definition) is 2. The Hall–Kier alpha value is -1.92. The number of hydrogen-bond acceptors (Lipinski definition) is 4. The molecule has 3 rings (SSSR count). The van der Waals surface area contributed by atoms with Gasteiger partial charge in [0.25, 0.3) is 5.91 Å². The zero-order valence-corrected chi connectivity index (χ0v) is 13.9. The summed E-state index contributed by atoms with van der Waals surface area (Å²) < 4.78 is 5.44. The first-order valence-electron chi connectivity index (χ1n) is 8.49. The maximum atomic E-state index is 12.5. The van der Waals surface area contributed by atoms with Crippen LogP contribution in [0.2, 0.25) is 0 Å². The van der Waals surface area contributed by atoms with Crippen LogP contribution in [0.15, 0.2) is 24.3 Å². The Balaban J connectivity index is 1.65. The summed E-state index contributed by atoms with van der Waals surface area (Å²) in [5, 5.41) is 12.2. The van der Waals surface area contributed by atoms with Crippen molar-refractivity contribution in [2.75, 3.05) is 20.2 Å². The van der Waals surface area contributed by atoms with Crippen molar-refractivity contribution >= 4 is 11.9 Å². The second-order valence-electron chi connectivity index (χ2n) is 6.61. The molecule has 24 heavy (non-hydrogen) atoms. The van der Waals surface area contributed by atoms with Gasteiger partial charge in [-0.3, -0.25) is 9.69 Å². The first kappa shape index (κ1) is 16.9. The van der Waals surface area contributed by atoms with E-state index in [1.165, 1.54) is 12.1 Å². The molecule has 1 amide bonds. The number of likely N-dealkylation sites (tertiary alicyclic amines) is 1. The van der Waals surface area contributed by atoms with Crippen molar-refractivity contribution in [3.8, 4) is 0 Å². The van der Waals surface area contributed by atoms with Crippen LogP contribution < -0.4 is 5.32 Å². The zero-order chi connectivity index (χ0) is 17.1. The molecule has 1 saturated heterocycles. The average molecular weight is 332 g/mol. The predicted octanol–water partition coefficient (Wildman–Crippen LogP) is 1.76. The van der Waals surface area contributed by atoms with Gasteiger partial charge in [-0.2, -0.15) is 0 Å². The van der Waals surface area contributed by atoms with E-state index in [4.69, 9.17) is 9.84 Å². The normalized spacial score (nSPS) is 27.3. The standard InChI is InChI=1S/C18H24N2O4/c1-24-14-8-9-20(11-14)16-7-3-6-15(16)19-17(21)12-4-2-5-13(10-12)18(22)23/h2,4-5,10,14-16H,3,6-9,11H2,1H3,(H,19,21)(H,22,23)/t14?,15-,16+/m0/s1. The van der Waals surface area contributed by atoms with E-state index in [2.05, 4.69) is 10.2 Å². The summed E-state index contributed by atoms with van der Waals surface area (Å²) in [7, 11) is 1.75. The van der Waals surface area contributed by atoms with Gasteiger partial charge in [-0.15, -0.1) is 0 Å². The van der Waals surface area contributed by atoms with Crippen LogP contribution in [0, 0.1) is 0 Å². The van der Waals surface area contributed by atoms with Crippen molar-refractivity contribution in [1.82, 2.24) is 10.2 Å². The molecule has 1 aromatic rings. The number of rotatable bonds is 5. The lowest BCUT2D eigenvalue weighted by Gasteiger charge is -2.30. The molecule has 1 unspecified atom stereocenters. The summed E-state index contributed by atoms with van der Waals surface area (Å²) in [6.07, 6.45) is 4.46. The Kier molecular flexibility index (Phi) is 5.16. The Labute approximate surface area is 141 Å². The second-order valence-corrected chi connectivity index (χ2v) is 6.61. The number of nitrogens with one attached hydrogen (secondary N) is 1. The minimum absolute atomic E-state index is 0.113. The molecule has 1 aromatic carbocycles.